The minimum atomic E-state index is -0.0227. The zero-order valence-electron chi connectivity index (χ0n) is 11.2. The summed E-state index contributed by atoms with van der Waals surface area (Å²) >= 11 is 0. The second kappa shape index (κ2) is 3.55. The number of aromatic nitrogens is 3. The van der Waals surface area contributed by atoms with Crippen LogP contribution in [0, 0.1) is 0 Å². The van der Waals surface area contributed by atoms with Crippen LogP contribution in [-0.4, -0.2) is 14.5 Å². The summed E-state index contributed by atoms with van der Waals surface area (Å²) in [6, 6.07) is 8.35. The Balaban J connectivity index is 2.44. The van der Waals surface area contributed by atoms with E-state index in [1.165, 1.54) is 10.9 Å². The summed E-state index contributed by atoms with van der Waals surface area (Å²) in [7, 11) is 2.06. The van der Waals surface area contributed by atoms with E-state index >= 15 is 0 Å². The van der Waals surface area contributed by atoms with Crippen molar-refractivity contribution in [1.82, 2.24) is 14.5 Å². The first-order chi connectivity index (χ1) is 8.48. The van der Waals surface area contributed by atoms with Crippen LogP contribution in [0.3, 0.4) is 0 Å². The van der Waals surface area contributed by atoms with Crippen LogP contribution in [0.2, 0.25) is 0 Å². The number of hydrogen-bond acceptors (Lipinski definition) is 2. The molecule has 0 radical (unpaired) electrons. The molecule has 0 N–H and O–H groups in total. The lowest BCUT2D eigenvalue weighted by Crippen LogP contribution is -2.15. The maximum Gasteiger partial charge on any atom is 0.134 e. The number of para-hydroxylation sites is 1. The Hall–Kier alpha value is -1.90. The Morgan fingerprint density at radius 2 is 1.78 bits per heavy atom. The molecule has 0 aliphatic rings. The average molecular weight is 239 g/mol. The van der Waals surface area contributed by atoms with Crippen LogP contribution < -0.4 is 0 Å². The lowest BCUT2D eigenvalue weighted by atomic mass is 9.96. The van der Waals surface area contributed by atoms with Gasteiger partial charge in [0.15, 0.2) is 0 Å². The van der Waals surface area contributed by atoms with Gasteiger partial charge in [-0.1, -0.05) is 39.0 Å². The van der Waals surface area contributed by atoms with E-state index in [-0.39, 0.29) is 5.41 Å². The van der Waals surface area contributed by atoms with Gasteiger partial charge in [-0.05, 0) is 6.07 Å². The smallest absolute Gasteiger partial charge is 0.134 e. The number of rotatable bonds is 0. The van der Waals surface area contributed by atoms with E-state index < -0.39 is 0 Å². The van der Waals surface area contributed by atoms with Crippen molar-refractivity contribution < 1.29 is 0 Å². The molecule has 2 heterocycles. The van der Waals surface area contributed by atoms with Gasteiger partial charge in [0, 0.05) is 17.8 Å². The Bertz CT molecular complexity index is 732. The van der Waals surface area contributed by atoms with Crippen molar-refractivity contribution in [3.63, 3.8) is 0 Å². The monoisotopic (exact) mass is 239 g/mol. The fourth-order valence-corrected chi connectivity index (χ4v) is 2.28. The van der Waals surface area contributed by atoms with Crippen molar-refractivity contribution >= 4 is 21.9 Å². The van der Waals surface area contributed by atoms with E-state index in [9.17, 15) is 0 Å². The predicted octanol–water partition coefficient (Wildman–Crippen LogP) is 3.42. The third-order valence-corrected chi connectivity index (χ3v) is 3.32. The summed E-state index contributed by atoms with van der Waals surface area (Å²) in [5.41, 5.74) is 3.32. The van der Waals surface area contributed by atoms with Crippen LogP contribution in [-0.2, 0) is 12.5 Å². The molecule has 0 atom stereocenters. The Labute approximate surface area is 106 Å². The molecule has 0 aliphatic carbocycles. The molecule has 3 rings (SSSR count). The zero-order chi connectivity index (χ0) is 12.9. The van der Waals surface area contributed by atoms with Gasteiger partial charge in [-0.25, -0.2) is 9.97 Å². The Morgan fingerprint density at radius 3 is 2.50 bits per heavy atom. The first-order valence-corrected chi connectivity index (χ1v) is 6.19. The lowest BCUT2D eigenvalue weighted by Gasteiger charge is -2.15. The molecule has 1 aromatic carbocycles. The molecule has 0 saturated carbocycles. The van der Waals surface area contributed by atoms with Crippen LogP contribution in [0.1, 0.15) is 26.6 Å². The number of nitrogens with zero attached hydrogens (tertiary/aromatic N) is 3. The number of aryl methyl sites for hydroxylation is 1. The maximum atomic E-state index is 4.76. The predicted molar refractivity (Wildman–Crippen MR) is 74.7 cm³/mol. The van der Waals surface area contributed by atoms with Gasteiger partial charge < -0.3 is 4.57 Å². The van der Waals surface area contributed by atoms with Crippen LogP contribution in [0.4, 0.5) is 0 Å². The van der Waals surface area contributed by atoms with Gasteiger partial charge in [-0.15, -0.1) is 0 Å². The van der Waals surface area contributed by atoms with Crippen molar-refractivity contribution in [3.8, 4) is 0 Å². The van der Waals surface area contributed by atoms with Gasteiger partial charge in [0.05, 0.1) is 22.7 Å². The summed E-state index contributed by atoms with van der Waals surface area (Å²) in [5, 5.41) is 1.20. The molecular weight excluding hydrogens is 222 g/mol. The Kier molecular flexibility index (Phi) is 2.21. The molecule has 0 aliphatic heterocycles. The van der Waals surface area contributed by atoms with Crippen LogP contribution >= 0.6 is 0 Å². The first kappa shape index (κ1) is 11.2. The highest BCUT2D eigenvalue weighted by molar-refractivity contribution is 6.05. The number of hydrogen-bond donors (Lipinski definition) is 0. The van der Waals surface area contributed by atoms with Gasteiger partial charge in [-0.2, -0.15) is 0 Å². The van der Waals surface area contributed by atoms with Crippen LogP contribution in [0.5, 0.6) is 0 Å². The van der Waals surface area contributed by atoms with E-state index in [1.54, 1.807) is 0 Å². The first-order valence-electron chi connectivity index (χ1n) is 6.19. The average Bonchev–Trinajstić information content (AvgIpc) is 2.63. The van der Waals surface area contributed by atoms with Crippen molar-refractivity contribution in [1.29, 1.82) is 0 Å². The molecule has 18 heavy (non-hydrogen) atoms. The summed E-state index contributed by atoms with van der Waals surface area (Å²) < 4.78 is 2.15. The number of fused-ring (bicyclic) bond motifs is 3. The highest BCUT2D eigenvalue weighted by Crippen LogP contribution is 2.28. The van der Waals surface area contributed by atoms with Gasteiger partial charge in [0.2, 0.25) is 0 Å². The quantitative estimate of drug-likeness (QED) is 0.602. The molecule has 0 fully saturated rings. The zero-order valence-corrected chi connectivity index (χ0v) is 11.2. The summed E-state index contributed by atoms with van der Waals surface area (Å²) in [6.07, 6.45) is 1.93. The molecule has 0 unspecified atom stereocenters. The summed E-state index contributed by atoms with van der Waals surface area (Å²) in [5.74, 6) is 0.895. The minimum Gasteiger partial charge on any atom is -0.341 e. The fourth-order valence-electron chi connectivity index (χ4n) is 2.28. The molecule has 3 heteroatoms. The van der Waals surface area contributed by atoms with E-state index in [1.807, 2.05) is 6.20 Å². The summed E-state index contributed by atoms with van der Waals surface area (Å²) in [6.45, 7) is 6.41. The largest absolute Gasteiger partial charge is 0.341 e. The second-order valence-electron chi connectivity index (χ2n) is 5.75. The van der Waals surface area contributed by atoms with Gasteiger partial charge in [0.25, 0.3) is 0 Å². The molecule has 3 nitrogen and oxygen atoms in total. The molecule has 92 valence electrons. The van der Waals surface area contributed by atoms with Crippen molar-refractivity contribution in [3.05, 3.63) is 36.3 Å². The third-order valence-electron chi connectivity index (χ3n) is 3.32. The van der Waals surface area contributed by atoms with E-state index in [4.69, 9.17) is 4.98 Å². The summed E-state index contributed by atoms with van der Waals surface area (Å²) in [4.78, 5) is 9.27. The lowest BCUT2D eigenvalue weighted by molar-refractivity contribution is 0.548. The second-order valence-corrected chi connectivity index (χ2v) is 5.75. The van der Waals surface area contributed by atoms with Crippen LogP contribution in [0.25, 0.3) is 21.9 Å². The molecule has 0 saturated heterocycles. The fraction of sp³-hybridized carbons (Fsp3) is 0.333. The molecule has 0 bridgehead atoms. The topological polar surface area (TPSA) is 30.7 Å². The minimum absolute atomic E-state index is 0.0227. The third kappa shape index (κ3) is 1.50. The van der Waals surface area contributed by atoms with Crippen molar-refractivity contribution in [2.45, 2.75) is 26.2 Å². The van der Waals surface area contributed by atoms with Crippen LogP contribution in [0.15, 0.2) is 30.5 Å². The Morgan fingerprint density at radius 1 is 1.06 bits per heavy atom. The normalized spacial score (nSPS) is 12.4. The standard InChI is InChI=1S/C15H17N3/c1-15(2,3)14-16-9-12-13(17-14)10-7-5-6-8-11(10)18(12)4/h5-9H,1-4H3. The number of benzene rings is 1. The molecule has 3 aromatic rings. The van der Waals surface area contributed by atoms with Gasteiger partial charge in [0.1, 0.15) is 5.82 Å². The van der Waals surface area contributed by atoms with E-state index in [2.05, 4.69) is 61.6 Å². The van der Waals surface area contributed by atoms with Gasteiger partial charge in [-0.3, -0.25) is 0 Å². The van der Waals surface area contributed by atoms with Crippen molar-refractivity contribution in [2.24, 2.45) is 7.05 Å². The van der Waals surface area contributed by atoms with Gasteiger partial charge >= 0.3 is 0 Å². The molecule has 0 amide bonds. The highest BCUT2D eigenvalue weighted by atomic mass is 15.0. The molecule has 2 aromatic heterocycles. The SMILES string of the molecule is Cn1c2ccccc2c2nc(C(C)(C)C)ncc21. The van der Waals surface area contributed by atoms with E-state index in [0.29, 0.717) is 0 Å². The molecular formula is C15H17N3. The molecule has 0 spiro atoms. The highest BCUT2D eigenvalue weighted by Gasteiger charge is 2.19. The van der Waals surface area contributed by atoms with Crippen molar-refractivity contribution in [2.75, 3.05) is 0 Å². The maximum absolute atomic E-state index is 4.76. The van der Waals surface area contributed by atoms with E-state index in [0.717, 1.165) is 16.9 Å².